The van der Waals surface area contributed by atoms with E-state index in [0.717, 1.165) is 11.8 Å². The maximum absolute atomic E-state index is 3.57. The van der Waals surface area contributed by atoms with Gasteiger partial charge in [0.1, 0.15) is 0 Å². The Hall–Kier alpha value is -0.0800. The van der Waals surface area contributed by atoms with Gasteiger partial charge in [-0.15, -0.1) is 0 Å². The summed E-state index contributed by atoms with van der Waals surface area (Å²) in [6.07, 6.45) is 4.12. The third kappa shape index (κ3) is 2.60. The van der Waals surface area contributed by atoms with E-state index < -0.39 is 0 Å². The minimum Gasteiger partial charge on any atom is -0.316 e. The van der Waals surface area contributed by atoms with Crippen LogP contribution in [0, 0.1) is 17.3 Å². The molecule has 1 N–H and O–H groups in total. The summed E-state index contributed by atoms with van der Waals surface area (Å²) in [6.45, 7) is 13.6. The van der Waals surface area contributed by atoms with Crippen molar-refractivity contribution in [2.24, 2.45) is 17.3 Å². The van der Waals surface area contributed by atoms with Crippen molar-refractivity contribution < 1.29 is 0 Å². The highest BCUT2D eigenvalue weighted by molar-refractivity contribution is 4.92. The van der Waals surface area contributed by atoms with E-state index >= 15 is 0 Å². The molecule has 0 saturated carbocycles. The molecule has 94 valence electrons. The SMILES string of the molecule is CCCC1(CN2CC(C)C(C)C2)CCNC1. The summed E-state index contributed by atoms with van der Waals surface area (Å²) >= 11 is 0. The van der Waals surface area contributed by atoms with Gasteiger partial charge >= 0.3 is 0 Å². The molecule has 2 saturated heterocycles. The van der Waals surface area contributed by atoms with E-state index in [9.17, 15) is 0 Å². The molecule has 0 aliphatic carbocycles. The van der Waals surface area contributed by atoms with E-state index in [1.165, 1.54) is 52.0 Å². The Morgan fingerprint density at radius 2 is 1.94 bits per heavy atom. The third-order valence-electron chi connectivity index (χ3n) is 4.74. The van der Waals surface area contributed by atoms with Gasteiger partial charge in [-0.25, -0.2) is 0 Å². The van der Waals surface area contributed by atoms with Crippen molar-refractivity contribution in [2.75, 3.05) is 32.7 Å². The zero-order chi connectivity index (χ0) is 11.6. The van der Waals surface area contributed by atoms with Crippen LogP contribution in [0.25, 0.3) is 0 Å². The Morgan fingerprint density at radius 3 is 2.44 bits per heavy atom. The van der Waals surface area contributed by atoms with E-state index in [-0.39, 0.29) is 0 Å². The average Bonchev–Trinajstić information content (AvgIpc) is 2.77. The summed E-state index contributed by atoms with van der Waals surface area (Å²) in [6, 6.07) is 0. The topological polar surface area (TPSA) is 15.3 Å². The van der Waals surface area contributed by atoms with Crippen molar-refractivity contribution in [3.8, 4) is 0 Å². The smallest absolute Gasteiger partial charge is 0.00508 e. The Morgan fingerprint density at radius 1 is 1.25 bits per heavy atom. The molecule has 0 bridgehead atoms. The number of nitrogens with one attached hydrogen (secondary N) is 1. The van der Waals surface area contributed by atoms with Crippen LogP contribution in [0.15, 0.2) is 0 Å². The second-order valence-corrected chi connectivity index (χ2v) is 6.33. The first-order chi connectivity index (χ1) is 7.65. The monoisotopic (exact) mass is 224 g/mol. The van der Waals surface area contributed by atoms with Gasteiger partial charge in [0, 0.05) is 26.2 Å². The van der Waals surface area contributed by atoms with Gasteiger partial charge in [0.15, 0.2) is 0 Å². The summed E-state index contributed by atoms with van der Waals surface area (Å²) in [5, 5.41) is 3.57. The highest BCUT2D eigenvalue weighted by Gasteiger charge is 2.37. The summed E-state index contributed by atoms with van der Waals surface area (Å²) in [5.74, 6) is 1.79. The van der Waals surface area contributed by atoms with Crippen molar-refractivity contribution >= 4 is 0 Å². The van der Waals surface area contributed by atoms with E-state index in [1.807, 2.05) is 0 Å². The van der Waals surface area contributed by atoms with Gasteiger partial charge in [0.05, 0.1) is 0 Å². The molecule has 0 spiro atoms. The lowest BCUT2D eigenvalue weighted by Gasteiger charge is -2.33. The van der Waals surface area contributed by atoms with Crippen LogP contribution in [-0.4, -0.2) is 37.6 Å². The second-order valence-electron chi connectivity index (χ2n) is 6.33. The fourth-order valence-corrected chi connectivity index (χ4v) is 3.61. The fraction of sp³-hybridized carbons (Fsp3) is 1.00. The molecular formula is C14H28N2. The number of nitrogens with zero attached hydrogens (tertiary/aromatic N) is 1. The quantitative estimate of drug-likeness (QED) is 0.788. The molecule has 2 aliphatic heterocycles. The van der Waals surface area contributed by atoms with Crippen LogP contribution < -0.4 is 5.32 Å². The molecular weight excluding hydrogens is 196 g/mol. The molecule has 0 radical (unpaired) electrons. The second kappa shape index (κ2) is 5.05. The van der Waals surface area contributed by atoms with E-state index in [0.29, 0.717) is 5.41 Å². The van der Waals surface area contributed by atoms with Gasteiger partial charge < -0.3 is 10.2 Å². The van der Waals surface area contributed by atoms with Crippen LogP contribution in [-0.2, 0) is 0 Å². The molecule has 3 atom stereocenters. The molecule has 2 aliphatic rings. The van der Waals surface area contributed by atoms with Crippen molar-refractivity contribution in [3.05, 3.63) is 0 Å². The minimum atomic E-state index is 0.596. The van der Waals surface area contributed by atoms with Crippen LogP contribution in [0.1, 0.15) is 40.0 Å². The Bertz CT molecular complexity index is 211. The zero-order valence-corrected chi connectivity index (χ0v) is 11.3. The maximum Gasteiger partial charge on any atom is 0.00508 e. The van der Waals surface area contributed by atoms with Gasteiger partial charge in [-0.2, -0.15) is 0 Å². The van der Waals surface area contributed by atoms with Crippen LogP contribution >= 0.6 is 0 Å². The normalized spacial score (nSPS) is 40.7. The van der Waals surface area contributed by atoms with E-state index in [1.54, 1.807) is 0 Å². The lowest BCUT2D eigenvalue weighted by molar-refractivity contribution is 0.172. The van der Waals surface area contributed by atoms with Crippen molar-refractivity contribution in [3.63, 3.8) is 0 Å². The highest BCUT2D eigenvalue weighted by atomic mass is 15.2. The van der Waals surface area contributed by atoms with Gasteiger partial charge in [-0.1, -0.05) is 27.2 Å². The summed E-state index contributed by atoms with van der Waals surface area (Å²) in [7, 11) is 0. The van der Waals surface area contributed by atoms with Crippen LogP contribution in [0.3, 0.4) is 0 Å². The largest absolute Gasteiger partial charge is 0.316 e. The molecule has 2 heteroatoms. The molecule has 2 heterocycles. The first-order valence-electron chi connectivity index (χ1n) is 7.08. The Kier molecular flexibility index (Phi) is 3.91. The van der Waals surface area contributed by atoms with Gasteiger partial charge in [-0.05, 0) is 36.6 Å². The average molecular weight is 224 g/mol. The molecule has 0 aromatic carbocycles. The molecule has 0 aromatic heterocycles. The predicted octanol–water partition coefficient (Wildman–Crippen LogP) is 2.35. The summed E-state index contributed by atoms with van der Waals surface area (Å²) in [4.78, 5) is 2.72. The standard InChI is InChI=1S/C14H28N2/c1-4-5-14(6-7-15-10-14)11-16-8-12(2)13(3)9-16/h12-13,15H,4-11H2,1-3H3. The Labute approximate surface area is 101 Å². The van der Waals surface area contributed by atoms with Crippen molar-refractivity contribution in [1.82, 2.24) is 10.2 Å². The van der Waals surface area contributed by atoms with Crippen LogP contribution in [0.5, 0.6) is 0 Å². The van der Waals surface area contributed by atoms with E-state index in [2.05, 4.69) is 31.0 Å². The predicted molar refractivity (Wildman–Crippen MR) is 69.6 cm³/mol. The Balaban J connectivity index is 1.91. The van der Waals surface area contributed by atoms with Crippen molar-refractivity contribution in [2.45, 2.75) is 40.0 Å². The molecule has 16 heavy (non-hydrogen) atoms. The highest BCUT2D eigenvalue weighted by Crippen LogP contribution is 2.34. The lowest BCUT2D eigenvalue weighted by Crippen LogP contribution is -2.38. The van der Waals surface area contributed by atoms with Crippen molar-refractivity contribution in [1.29, 1.82) is 0 Å². The van der Waals surface area contributed by atoms with Gasteiger partial charge in [-0.3, -0.25) is 0 Å². The number of hydrogen-bond donors (Lipinski definition) is 1. The van der Waals surface area contributed by atoms with Crippen LogP contribution in [0.2, 0.25) is 0 Å². The minimum absolute atomic E-state index is 0.596. The zero-order valence-electron chi connectivity index (χ0n) is 11.3. The number of likely N-dealkylation sites (tertiary alicyclic amines) is 1. The molecule has 2 fully saturated rings. The number of rotatable bonds is 4. The molecule has 0 amide bonds. The maximum atomic E-state index is 3.57. The van der Waals surface area contributed by atoms with Gasteiger partial charge in [0.25, 0.3) is 0 Å². The van der Waals surface area contributed by atoms with Gasteiger partial charge in [0.2, 0.25) is 0 Å². The molecule has 2 nitrogen and oxygen atoms in total. The van der Waals surface area contributed by atoms with E-state index in [4.69, 9.17) is 0 Å². The third-order valence-corrected chi connectivity index (χ3v) is 4.74. The molecule has 0 aromatic rings. The lowest BCUT2D eigenvalue weighted by atomic mass is 9.82. The first kappa shape index (κ1) is 12.4. The summed E-state index contributed by atoms with van der Waals surface area (Å²) in [5.41, 5.74) is 0.596. The molecule has 2 rings (SSSR count). The number of hydrogen-bond acceptors (Lipinski definition) is 2. The first-order valence-corrected chi connectivity index (χ1v) is 7.08. The van der Waals surface area contributed by atoms with Crippen LogP contribution in [0.4, 0.5) is 0 Å². The fourth-order valence-electron chi connectivity index (χ4n) is 3.61. The summed E-state index contributed by atoms with van der Waals surface area (Å²) < 4.78 is 0. The molecule has 3 unspecified atom stereocenters.